The number of carboxylic acids is 1. The molecular weight excluding hydrogens is 402 g/mol. The lowest BCUT2D eigenvalue weighted by Crippen LogP contribution is -2.58. The van der Waals surface area contributed by atoms with Crippen LogP contribution in [-0.4, -0.2) is 70.9 Å². The first kappa shape index (κ1) is 26.7. The van der Waals surface area contributed by atoms with Crippen molar-refractivity contribution < 1.29 is 29.1 Å². The molecule has 0 radical (unpaired) electrons. The molecule has 0 aromatic carbocycles. The van der Waals surface area contributed by atoms with Crippen molar-refractivity contribution >= 4 is 41.4 Å². The van der Waals surface area contributed by atoms with E-state index in [4.69, 9.17) is 16.6 Å². The van der Waals surface area contributed by atoms with Gasteiger partial charge in [0.15, 0.2) is 0 Å². The topological polar surface area (TPSA) is 194 Å². The van der Waals surface area contributed by atoms with Crippen molar-refractivity contribution in [2.45, 2.75) is 57.8 Å². The molecule has 0 aromatic heterocycles. The summed E-state index contributed by atoms with van der Waals surface area (Å²) in [7, 11) is 0. The van der Waals surface area contributed by atoms with Crippen molar-refractivity contribution in [3.8, 4) is 0 Å². The summed E-state index contributed by atoms with van der Waals surface area (Å²) >= 11 is 1.46. The number of thioether (sulfide) groups is 1. The normalized spacial score (nSPS) is 15.0. The second-order valence-corrected chi connectivity index (χ2v) is 7.90. The molecule has 0 bridgehead atoms. The minimum Gasteiger partial charge on any atom is -0.480 e. The minimum atomic E-state index is -1.38. The molecule has 0 saturated carbocycles. The fourth-order valence-electron chi connectivity index (χ4n) is 2.13. The first-order chi connectivity index (χ1) is 13.4. The molecule has 0 fully saturated rings. The van der Waals surface area contributed by atoms with Gasteiger partial charge in [-0.1, -0.05) is 13.8 Å². The fraction of sp³-hybridized carbons (Fsp3) is 0.706. The van der Waals surface area contributed by atoms with Crippen LogP contribution in [0.1, 0.15) is 33.6 Å². The Kier molecular flexibility index (Phi) is 11.9. The Morgan fingerprint density at radius 3 is 1.90 bits per heavy atom. The van der Waals surface area contributed by atoms with Gasteiger partial charge in [0.2, 0.25) is 23.6 Å². The van der Waals surface area contributed by atoms with Gasteiger partial charge in [0.05, 0.1) is 12.5 Å². The third-order valence-corrected chi connectivity index (χ3v) is 4.68. The summed E-state index contributed by atoms with van der Waals surface area (Å²) in [5.41, 5.74) is 10.9. The van der Waals surface area contributed by atoms with Crippen LogP contribution >= 0.6 is 11.8 Å². The molecule has 0 spiro atoms. The van der Waals surface area contributed by atoms with Crippen molar-refractivity contribution in [3.05, 3.63) is 0 Å². The SMILES string of the molecule is CSCCC(NC(=O)C(N)C(C)C)C(=O)NC(CC(N)=O)C(=O)NC(C)C(=O)O. The molecule has 0 rings (SSSR count). The Balaban J connectivity index is 5.33. The molecular formula is C17H31N5O6S. The molecule has 0 aliphatic heterocycles. The number of nitrogens with one attached hydrogen (secondary N) is 3. The first-order valence-electron chi connectivity index (χ1n) is 9.07. The van der Waals surface area contributed by atoms with Crippen LogP contribution in [0.5, 0.6) is 0 Å². The number of aliphatic carboxylic acids is 1. The Morgan fingerprint density at radius 2 is 1.45 bits per heavy atom. The molecule has 0 aliphatic rings. The third-order valence-electron chi connectivity index (χ3n) is 4.03. The number of hydrogen-bond donors (Lipinski definition) is 6. The van der Waals surface area contributed by atoms with Crippen molar-refractivity contribution in [2.75, 3.05) is 12.0 Å². The Morgan fingerprint density at radius 1 is 0.931 bits per heavy atom. The number of amides is 4. The average molecular weight is 434 g/mol. The van der Waals surface area contributed by atoms with Gasteiger partial charge in [0.25, 0.3) is 0 Å². The number of carboxylic acid groups (broad SMARTS) is 1. The molecule has 8 N–H and O–H groups in total. The van der Waals surface area contributed by atoms with Gasteiger partial charge in [-0.15, -0.1) is 0 Å². The predicted octanol–water partition coefficient (Wildman–Crippen LogP) is -1.84. The molecule has 0 heterocycles. The lowest BCUT2D eigenvalue weighted by Gasteiger charge is -2.24. The zero-order chi connectivity index (χ0) is 22.7. The summed E-state index contributed by atoms with van der Waals surface area (Å²) < 4.78 is 0. The molecule has 4 amide bonds. The quantitative estimate of drug-likeness (QED) is 0.195. The lowest BCUT2D eigenvalue weighted by atomic mass is 10.0. The van der Waals surface area contributed by atoms with E-state index in [9.17, 15) is 24.0 Å². The van der Waals surface area contributed by atoms with E-state index in [1.54, 1.807) is 13.8 Å². The Bertz CT molecular complexity index is 615. The van der Waals surface area contributed by atoms with E-state index in [2.05, 4.69) is 16.0 Å². The summed E-state index contributed by atoms with van der Waals surface area (Å²) in [6.45, 7) is 4.76. The molecule has 0 aliphatic carbocycles. The molecule has 4 atom stereocenters. The number of carbonyl (C=O) groups excluding carboxylic acids is 4. The van der Waals surface area contributed by atoms with Gasteiger partial charge < -0.3 is 32.5 Å². The van der Waals surface area contributed by atoms with Crippen molar-refractivity contribution in [2.24, 2.45) is 17.4 Å². The van der Waals surface area contributed by atoms with E-state index in [-0.39, 0.29) is 12.3 Å². The molecule has 29 heavy (non-hydrogen) atoms. The van der Waals surface area contributed by atoms with Crippen LogP contribution in [-0.2, 0) is 24.0 Å². The monoisotopic (exact) mass is 433 g/mol. The van der Waals surface area contributed by atoms with Crippen LogP contribution < -0.4 is 27.4 Å². The van der Waals surface area contributed by atoms with Crippen LogP contribution in [0.2, 0.25) is 0 Å². The maximum absolute atomic E-state index is 12.7. The van der Waals surface area contributed by atoms with Crippen molar-refractivity contribution in [1.29, 1.82) is 0 Å². The van der Waals surface area contributed by atoms with Crippen molar-refractivity contribution in [3.63, 3.8) is 0 Å². The summed E-state index contributed by atoms with van der Waals surface area (Å²) in [5.74, 6) is -3.84. The smallest absolute Gasteiger partial charge is 0.325 e. The van der Waals surface area contributed by atoms with Crippen LogP contribution in [0.3, 0.4) is 0 Å². The van der Waals surface area contributed by atoms with Gasteiger partial charge in [-0.25, -0.2) is 0 Å². The molecule has 0 aromatic rings. The van der Waals surface area contributed by atoms with Gasteiger partial charge in [-0.2, -0.15) is 11.8 Å². The lowest BCUT2D eigenvalue weighted by molar-refractivity contribution is -0.142. The van der Waals surface area contributed by atoms with Gasteiger partial charge in [0, 0.05) is 0 Å². The average Bonchev–Trinajstić information content (AvgIpc) is 2.62. The number of nitrogens with two attached hydrogens (primary N) is 2. The Hall–Kier alpha value is -2.34. The van der Waals surface area contributed by atoms with Gasteiger partial charge >= 0.3 is 5.97 Å². The largest absolute Gasteiger partial charge is 0.480 e. The standard InChI is InChI=1S/C17H31N5O6S/c1-8(2)13(19)16(26)21-10(5-6-29-4)14(24)22-11(7-12(18)23)15(25)20-9(3)17(27)28/h8-11,13H,5-7,19H2,1-4H3,(H2,18,23)(H,20,25)(H,21,26)(H,22,24)(H,27,28). The molecule has 0 saturated heterocycles. The van der Waals surface area contributed by atoms with E-state index < -0.39 is 60.2 Å². The van der Waals surface area contributed by atoms with Crippen LogP contribution in [0, 0.1) is 5.92 Å². The second-order valence-electron chi connectivity index (χ2n) is 6.91. The zero-order valence-corrected chi connectivity index (χ0v) is 17.9. The molecule has 4 unspecified atom stereocenters. The van der Waals surface area contributed by atoms with Crippen LogP contribution in [0.25, 0.3) is 0 Å². The summed E-state index contributed by atoms with van der Waals surface area (Å²) in [6.07, 6.45) is 1.56. The third kappa shape index (κ3) is 10.1. The Labute approximate surface area is 174 Å². The van der Waals surface area contributed by atoms with Crippen LogP contribution in [0.15, 0.2) is 0 Å². The number of primary amides is 1. The highest BCUT2D eigenvalue weighted by atomic mass is 32.2. The van der Waals surface area contributed by atoms with Gasteiger partial charge in [-0.3, -0.25) is 24.0 Å². The van der Waals surface area contributed by atoms with E-state index in [0.717, 1.165) is 0 Å². The van der Waals surface area contributed by atoms with E-state index in [1.165, 1.54) is 18.7 Å². The van der Waals surface area contributed by atoms with E-state index in [0.29, 0.717) is 5.75 Å². The molecule has 12 heteroatoms. The fourth-order valence-corrected chi connectivity index (χ4v) is 2.61. The highest BCUT2D eigenvalue weighted by molar-refractivity contribution is 7.98. The number of rotatable bonds is 13. The summed E-state index contributed by atoms with van der Waals surface area (Å²) in [4.78, 5) is 59.4. The van der Waals surface area contributed by atoms with Gasteiger partial charge in [0.1, 0.15) is 18.1 Å². The molecule has 11 nitrogen and oxygen atoms in total. The minimum absolute atomic E-state index is 0.148. The summed E-state index contributed by atoms with van der Waals surface area (Å²) in [5, 5.41) is 16.0. The van der Waals surface area contributed by atoms with E-state index in [1.807, 2.05) is 6.26 Å². The van der Waals surface area contributed by atoms with E-state index >= 15 is 0 Å². The zero-order valence-electron chi connectivity index (χ0n) is 17.1. The van der Waals surface area contributed by atoms with Crippen molar-refractivity contribution in [1.82, 2.24) is 16.0 Å². The predicted molar refractivity (Wildman–Crippen MR) is 109 cm³/mol. The number of hydrogen-bond acceptors (Lipinski definition) is 7. The second kappa shape index (κ2) is 13.0. The highest BCUT2D eigenvalue weighted by Crippen LogP contribution is 2.05. The summed E-state index contributed by atoms with van der Waals surface area (Å²) in [6, 6.07) is -4.42. The molecule has 166 valence electrons. The first-order valence-corrected chi connectivity index (χ1v) is 10.5. The maximum atomic E-state index is 12.7. The maximum Gasteiger partial charge on any atom is 0.325 e. The highest BCUT2D eigenvalue weighted by Gasteiger charge is 2.30. The van der Waals surface area contributed by atoms with Gasteiger partial charge in [-0.05, 0) is 31.3 Å². The van der Waals surface area contributed by atoms with Crippen LogP contribution in [0.4, 0.5) is 0 Å². The number of carbonyl (C=O) groups is 5.